The van der Waals surface area contributed by atoms with Crippen molar-refractivity contribution >= 4 is 57.3 Å². The summed E-state index contributed by atoms with van der Waals surface area (Å²) in [7, 11) is 1.56. The van der Waals surface area contributed by atoms with Crippen LogP contribution in [0.5, 0.6) is 17.5 Å². The van der Waals surface area contributed by atoms with E-state index in [0.717, 1.165) is 16.0 Å². The van der Waals surface area contributed by atoms with Gasteiger partial charge in [-0.3, -0.25) is 14.2 Å². The van der Waals surface area contributed by atoms with Gasteiger partial charge in [-0.1, -0.05) is 23.2 Å². The lowest BCUT2D eigenvalue weighted by Crippen LogP contribution is -2.36. The Morgan fingerprint density at radius 2 is 1.79 bits per heavy atom. The van der Waals surface area contributed by atoms with E-state index in [-0.39, 0.29) is 32.7 Å². The van der Waals surface area contributed by atoms with Gasteiger partial charge in [0, 0.05) is 11.6 Å². The topological polar surface area (TPSA) is 110 Å². The van der Waals surface area contributed by atoms with Crippen LogP contribution in [0.15, 0.2) is 35.4 Å². The molecule has 0 atom stereocenters. The Balaban J connectivity index is 1.72. The number of hydrazone groups is 1. The van der Waals surface area contributed by atoms with Gasteiger partial charge >= 0.3 is 0 Å². The molecule has 174 valence electrons. The van der Waals surface area contributed by atoms with Crippen molar-refractivity contribution in [3.63, 3.8) is 0 Å². The molecule has 0 unspecified atom stereocenters. The number of halogens is 2. The fourth-order valence-electron chi connectivity index (χ4n) is 3.56. The third kappa shape index (κ3) is 4.18. The SMILES string of the molecule is COc1nc2ccc(Oc3c(Cl)cc(N4N=C(C#N)C(=O)CC4=O)cc3Cl)cc2n1C(C)(C)C. The summed E-state index contributed by atoms with van der Waals surface area (Å²) in [6.07, 6.45) is -0.467. The van der Waals surface area contributed by atoms with Crippen LogP contribution in [0.2, 0.25) is 10.0 Å². The van der Waals surface area contributed by atoms with Crippen molar-refractivity contribution in [2.75, 3.05) is 12.1 Å². The van der Waals surface area contributed by atoms with E-state index in [2.05, 4.69) is 10.1 Å². The van der Waals surface area contributed by atoms with Gasteiger partial charge in [0.05, 0.1) is 40.3 Å². The van der Waals surface area contributed by atoms with Gasteiger partial charge in [-0.2, -0.15) is 20.4 Å². The summed E-state index contributed by atoms with van der Waals surface area (Å²) in [5.74, 6) is -0.603. The standard InChI is InChI=1S/C23H19Cl2N5O4/c1-23(2,3)29-18-9-13(5-6-16(18)27-22(29)33-4)34-21-14(24)7-12(8-15(21)25)30-20(32)10-19(31)17(11-26)28-30/h5-9H,10H2,1-4H3. The second kappa shape index (κ2) is 8.63. The molecule has 1 aliphatic heterocycles. The Kier molecular flexibility index (Phi) is 5.98. The first-order valence-electron chi connectivity index (χ1n) is 10.1. The quantitative estimate of drug-likeness (QED) is 0.462. The molecular weight excluding hydrogens is 481 g/mol. The lowest BCUT2D eigenvalue weighted by atomic mass is 10.1. The molecule has 34 heavy (non-hydrogen) atoms. The molecule has 11 heteroatoms. The fraction of sp³-hybridized carbons (Fsp3) is 0.261. The predicted octanol–water partition coefficient (Wildman–Crippen LogP) is 5.08. The number of nitriles is 1. The highest BCUT2D eigenvalue weighted by molar-refractivity contribution is 6.50. The number of rotatable bonds is 4. The van der Waals surface area contributed by atoms with Gasteiger partial charge in [0.1, 0.15) is 11.8 Å². The number of ether oxygens (including phenoxy) is 2. The third-order valence-corrected chi connectivity index (χ3v) is 5.58. The molecule has 0 aliphatic carbocycles. The number of benzene rings is 2. The maximum atomic E-state index is 12.3. The lowest BCUT2D eigenvalue weighted by Gasteiger charge is -2.23. The summed E-state index contributed by atoms with van der Waals surface area (Å²) < 4.78 is 13.4. The Bertz CT molecular complexity index is 1390. The second-order valence-corrected chi connectivity index (χ2v) is 9.28. The van der Waals surface area contributed by atoms with Gasteiger partial charge in [0.2, 0.25) is 11.5 Å². The zero-order valence-electron chi connectivity index (χ0n) is 18.7. The number of hydrogen-bond donors (Lipinski definition) is 0. The number of ketones is 1. The minimum atomic E-state index is -0.637. The van der Waals surface area contributed by atoms with E-state index in [1.165, 1.54) is 12.1 Å². The van der Waals surface area contributed by atoms with Crippen molar-refractivity contribution in [2.45, 2.75) is 32.7 Å². The zero-order chi connectivity index (χ0) is 24.8. The van der Waals surface area contributed by atoms with Crippen LogP contribution in [0, 0.1) is 11.3 Å². The van der Waals surface area contributed by atoms with Crippen LogP contribution in [0.1, 0.15) is 27.2 Å². The van der Waals surface area contributed by atoms with Crippen molar-refractivity contribution in [3.05, 3.63) is 40.4 Å². The van der Waals surface area contributed by atoms with Gasteiger partial charge in [0.15, 0.2) is 5.75 Å². The van der Waals surface area contributed by atoms with Crippen molar-refractivity contribution in [3.8, 4) is 23.6 Å². The number of hydrogen-bond acceptors (Lipinski definition) is 7. The number of carbonyl (C=O) groups is 2. The minimum Gasteiger partial charge on any atom is -0.468 e. The number of anilines is 1. The largest absolute Gasteiger partial charge is 0.468 e. The molecule has 0 saturated heterocycles. The van der Waals surface area contributed by atoms with Crippen LogP contribution in [0.25, 0.3) is 11.0 Å². The molecule has 0 N–H and O–H groups in total. The molecule has 4 rings (SSSR count). The van der Waals surface area contributed by atoms with Crippen LogP contribution < -0.4 is 14.5 Å². The highest BCUT2D eigenvalue weighted by atomic mass is 35.5. The predicted molar refractivity (Wildman–Crippen MR) is 128 cm³/mol. The number of methoxy groups -OCH3 is 1. The van der Waals surface area contributed by atoms with Crippen LogP contribution in [-0.2, 0) is 15.1 Å². The van der Waals surface area contributed by atoms with E-state index in [1.54, 1.807) is 31.4 Å². The van der Waals surface area contributed by atoms with Crippen LogP contribution in [-0.4, -0.2) is 34.1 Å². The van der Waals surface area contributed by atoms with E-state index in [0.29, 0.717) is 11.8 Å². The number of aromatic nitrogens is 2. The Morgan fingerprint density at radius 1 is 1.12 bits per heavy atom. The number of amides is 1. The van der Waals surface area contributed by atoms with Gasteiger partial charge in [0.25, 0.3) is 11.9 Å². The van der Waals surface area contributed by atoms with Crippen LogP contribution in [0.4, 0.5) is 5.69 Å². The van der Waals surface area contributed by atoms with E-state index < -0.39 is 18.1 Å². The van der Waals surface area contributed by atoms with Gasteiger partial charge in [-0.15, -0.1) is 0 Å². The first-order chi connectivity index (χ1) is 16.0. The first kappa shape index (κ1) is 23.5. The molecule has 0 bridgehead atoms. The second-order valence-electron chi connectivity index (χ2n) is 8.46. The lowest BCUT2D eigenvalue weighted by molar-refractivity contribution is -0.124. The fourth-order valence-corrected chi connectivity index (χ4v) is 4.11. The minimum absolute atomic E-state index is 0.114. The number of Topliss-reactive ketones (excluding diaryl/α,β-unsaturated/α-hetero) is 1. The van der Waals surface area contributed by atoms with Crippen molar-refractivity contribution in [1.29, 1.82) is 5.26 Å². The van der Waals surface area contributed by atoms with Gasteiger partial charge in [-0.25, -0.2) is 0 Å². The molecule has 0 saturated carbocycles. The number of carbonyl (C=O) groups excluding carboxylic acids is 2. The summed E-state index contributed by atoms with van der Waals surface area (Å²) in [6, 6.07) is 10.3. The van der Waals surface area contributed by atoms with E-state index >= 15 is 0 Å². The van der Waals surface area contributed by atoms with E-state index in [9.17, 15) is 9.59 Å². The Hall–Kier alpha value is -3.61. The molecule has 1 aromatic heterocycles. The van der Waals surface area contributed by atoms with E-state index in [1.807, 2.05) is 25.3 Å². The number of imidazole rings is 1. The summed E-state index contributed by atoms with van der Waals surface area (Å²) in [5, 5.41) is 14.0. The molecule has 1 amide bonds. The monoisotopic (exact) mass is 499 g/mol. The molecule has 0 radical (unpaired) electrons. The van der Waals surface area contributed by atoms with Crippen LogP contribution in [0.3, 0.4) is 0 Å². The molecule has 1 aliphatic rings. The smallest absolute Gasteiger partial charge is 0.297 e. The molecule has 2 heterocycles. The maximum absolute atomic E-state index is 12.3. The van der Waals surface area contributed by atoms with Gasteiger partial charge < -0.3 is 9.47 Å². The van der Waals surface area contributed by atoms with E-state index in [4.69, 9.17) is 37.9 Å². The van der Waals surface area contributed by atoms with Gasteiger partial charge in [-0.05, 0) is 45.0 Å². The average molecular weight is 500 g/mol. The summed E-state index contributed by atoms with van der Waals surface area (Å²) >= 11 is 12.9. The normalized spacial score (nSPS) is 14.3. The summed E-state index contributed by atoms with van der Waals surface area (Å²) in [6.45, 7) is 6.10. The summed E-state index contributed by atoms with van der Waals surface area (Å²) in [4.78, 5) is 28.5. The molecule has 0 spiro atoms. The zero-order valence-corrected chi connectivity index (χ0v) is 20.2. The van der Waals surface area contributed by atoms with Crippen molar-refractivity contribution in [1.82, 2.24) is 9.55 Å². The van der Waals surface area contributed by atoms with Crippen molar-refractivity contribution < 1.29 is 19.1 Å². The molecule has 9 nitrogen and oxygen atoms in total. The molecule has 3 aromatic rings. The highest BCUT2D eigenvalue weighted by Gasteiger charge is 2.30. The molecule has 0 fully saturated rings. The Labute approximate surface area is 205 Å². The van der Waals surface area contributed by atoms with Crippen molar-refractivity contribution in [2.24, 2.45) is 5.10 Å². The number of fused-ring (bicyclic) bond motifs is 1. The third-order valence-electron chi connectivity index (χ3n) is 5.01. The number of nitrogens with zero attached hydrogens (tertiary/aromatic N) is 5. The Morgan fingerprint density at radius 3 is 2.38 bits per heavy atom. The first-order valence-corrected chi connectivity index (χ1v) is 10.9. The van der Waals surface area contributed by atoms with Crippen LogP contribution >= 0.6 is 23.2 Å². The summed E-state index contributed by atoms with van der Waals surface area (Å²) in [5.41, 5.74) is 1.06. The molecule has 2 aromatic carbocycles. The highest BCUT2D eigenvalue weighted by Crippen LogP contribution is 2.41. The average Bonchev–Trinajstić information content (AvgIpc) is 3.14. The molecular formula is C23H19Cl2N5O4. The maximum Gasteiger partial charge on any atom is 0.297 e.